The highest BCUT2D eigenvalue weighted by molar-refractivity contribution is 5.81. The molecule has 1 aromatic rings. The van der Waals surface area contributed by atoms with Gasteiger partial charge in [0.25, 0.3) is 0 Å². The molecule has 0 aromatic heterocycles. The van der Waals surface area contributed by atoms with E-state index in [1.54, 1.807) is 0 Å². The summed E-state index contributed by atoms with van der Waals surface area (Å²) < 4.78 is 0. The maximum Gasteiger partial charge on any atom is 0.225 e. The van der Waals surface area contributed by atoms with Gasteiger partial charge in [0, 0.05) is 38.6 Å². The largest absolute Gasteiger partial charge is 0.390 e. The second kappa shape index (κ2) is 7.43. The number of aliphatic hydroxyl groups is 1. The van der Waals surface area contributed by atoms with Crippen molar-refractivity contribution in [3.63, 3.8) is 0 Å². The van der Waals surface area contributed by atoms with E-state index in [0.29, 0.717) is 19.6 Å². The average molecular weight is 317 g/mol. The minimum Gasteiger partial charge on any atom is -0.390 e. The third-order valence-corrected chi connectivity index (χ3v) is 4.69. The molecule has 0 spiro atoms. The zero-order chi connectivity index (χ0) is 16.2. The van der Waals surface area contributed by atoms with Crippen LogP contribution in [0, 0.1) is 5.92 Å². The highest BCUT2D eigenvalue weighted by atomic mass is 16.3. The summed E-state index contributed by atoms with van der Waals surface area (Å²) in [6.45, 7) is 4.12. The molecular weight excluding hydrogens is 290 g/mol. The second-order valence-corrected chi connectivity index (χ2v) is 6.80. The number of β-amino-alcohol motifs (C(OH)–C–C–N with tert-alkyl or cyclic N) is 1. The van der Waals surface area contributed by atoms with Crippen LogP contribution in [-0.2, 0) is 17.8 Å². The maximum atomic E-state index is 12.2. The Morgan fingerprint density at radius 2 is 1.83 bits per heavy atom. The molecule has 1 saturated carbocycles. The molecule has 1 amide bonds. The van der Waals surface area contributed by atoms with Crippen LogP contribution in [0.3, 0.4) is 0 Å². The molecule has 0 radical (unpaired) electrons. The van der Waals surface area contributed by atoms with Crippen molar-refractivity contribution in [2.45, 2.75) is 31.9 Å². The normalized spacial score (nSPS) is 22.9. The summed E-state index contributed by atoms with van der Waals surface area (Å²) in [7, 11) is 0. The van der Waals surface area contributed by atoms with E-state index in [0.717, 1.165) is 38.9 Å². The Bertz CT molecular complexity index is 528. The first-order chi connectivity index (χ1) is 11.2. The molecule has 126 valence electrons. The van der Waals surface area contributed by atoms with Crippen molar-refractivity contribution >= 4 is 5.91 Å². The number of carbonyl (C=O) groups is 1. The number of rotatable bonds is 5. The predicted octanol–water partition coefficient (Wildman–Crippen LogP) is 0.603. The first-order valence-corrected chi connectivity index (χ1v) is 8.63. The van der Waals surface area contributed by atoms with Gasteiger partial charge in [-0.1, -0.05) is 24.3 Å². The first kappa shape index (κ1) is 16.4. The van der Waals surface area contributed by atoms with Gasteiger partial charge in [0.05, 0.1) is 6.10 Å². The van der Waals surface area contributed by atoms with Crippen LogP contribution < -0.4 is 5.73 Å². The first-order valence-electron chi connectivity index (χ1n) is 8.63. The van der Waals surface area contributed by atoms with Crippen molar-refractivity contribution in [1.82, 2.24) is 9.80 Å². The molecule has 2 aliphatic rings. The van der Waals surface area contributed by atoms with Crippen LogP contribution >= 0.6 is 0 Å². The smallest absolute Gasteiger partial charge is 0.225 e. The highest BCUT2D eigenvalue weighted by Gasteiger charge is 2.35. The minimum atomic E-state index is -0.461. The molecule has 3 rings (SSSR count). The van der Waals surface area contributed by atoms with Gasteiger partial charge < -0.3 is 15.7 Å². The fourth-order valence-corrected chi connectivity index (χ4v) is 3.22. The van der Waals surface area contributed by atoms with Gasteiger partial charge in [-0.3, -0.25) is 9.69 Å². The molecular formula is C18H27N3O2. The molecule has 3 N–H and O–H groups in total. The van der Waals surface area contributed by atoms with E-state index in [-0.39, 0.29) is 11.8 Å². The van der Waals surface area contributed by atoms with Gasteiger partial charge in [0.2, 0.25) is 5.91 Å². The van der Waals surface area contributed by atoms with Crippen LogP contribution in [0.15, 0.2) is 24.3 Å². The Labute approximate surface area is 138 Å². The number of amides is 1. The van der Waals surface area contributed by atoms with Gasteiger partial charge in [-0.25, -0.2) is 0 Å². The number of nitrogens with zero attached hydrogens (tertiary/aromatic N) is 2. The summed E-state index contributed by atoms with van der Waals surface area (Å²) in [5.41, 5.74) is 8.07. The fraction of sp³-hybridized carbons (Fsp3) is 0.611. The third-order valence-electron chi connectivity index (χ3n) is 4.69. The molecule has 23 heavy (non-hydrogen) atoms. The summed E-state index contributed by atoms with van der Waals surface area (Å²) in [5.74, 6) is 0.459. The lowest BCUT2D eigenvalue weighted by molar-refractivity contribution is -0.133. The van der Waals surface area contributed by atoms with E-state index < -0.39 is 6.10 Å². The Morgan fingerprint density at radius 3 is 2.48 bits per heavy atom. The van der Waals surface area contributed by atoms with Crippen molar-refractivity contribution in [3.05, 3.63) is 35.4 Å². The van der Waals surface area contributed by atoms with Crippen LogP contribution in [0.2, 0.25) is 0 Å². The number of nitrogens with two attached hydrogens (primary N) is 1. The zero-order valence-electron chi connectivity index (χ0n) is 13.7. The molecule has 1 aliphatic carbocycles. The second-order valence-electron chi connectivity index (χ2n) is 6.80. The Balaban J connectivity index is 1.56. The number of hydrogen-bond donors (Lipinski definition) is 2. The standard InChI is InChI=1S/C18H27N3O2/c19-8-7-14-1-3-15(4-2-14)11-20-9-10-21(13-17(22)12-20)18(23)16-5-6-16/h1-4,16-17,22H,5-13,19H2/t17-/m1/s1. The van der Waals surface area contributed by atoms with Gasteiger partial charge in [-0.15, -0.1) is 0 Å². The number of carbonyl (C=O) groups excluding carboxylic acids is 1. The van der Waals surface area contributed by atoms with Crippen molar-refractivity contribution in [1.29, 1.82) is 0 Å². The highest BCUT2D eigenvalue weighted by Crippen LogP contribution is 2.31. The number of aliphatic hydroxyl groups excluding tert-OH is 1. The third kappa shape index (κ3) is 4.53. The summed E-state index contributed by atoms with van der Waals surface area (Å²) in [5, 5.41) is 10.2. The summed E-state index contributed by atoms with van der Waals surface area (Å²) in [4.78, 5) is 16.3. The molecule has 2 fully saturated rings. The Kier molecular flexibility index (Phi) is 5.30. The molecule has 1 heterocycles. The van der Waals surface area contributed by atoms with Crippen LogP contribution in [-0.4, -0.2) is 59.6 Å². The lowest BCUT2D eigenvalue weighted by atomic mass is 10.1. The molecule has 1 saturated heterocycles. The van der Waals surface area contributed by atoms with Crippen LogP contribution in [0.5, 0.6) is 0 Å². The summed E-state index contributed by atoms with van der Waals surface area (Å²) in [6, 6.07) is 8.52. The maximum absolute atomic E-state index is 12.2. The van der Waals surface area contributed by atoms with Gasteiger partial charge in [-0.2, -0.15) is 0 Å². The van der Waals surface area contributed by atoms with E-state index in [4.69, 9.17) is 5.73 Å². The average Bonchev–Trinajstić information content (AvgIpc) is 3.37. The van der Waals surface area contributed by atoms with Crippen LogP contribution in [0.25, 0.3) is 0 Å². The van der Waals surface area contributed by atoms with Gasteiger partial charge in [0.15, 0.2) is 0 Å². The molecule has 5 heteroatoms. The SMILES string of the molecule is NCCc1ccc(CN2CCN(C(=O)C3CC3)C[C@H](O)C2)cc1. The molecule has 1 atom stereocenters. The van der Waals surface area contributed by atoms with E-state index in [9.17, 15) is 9.90 Å². The zero-order valence-corrected chi connectivity index (χ0v) is 13.7. The number of hydrogen-bond acceptors (Lipinski definition) is 4. The van der Waals surface area contributed by atoms with Gasteiger partial charge in [0.1, 0.15) is 0 Å². The summed E-state index contributed by atoms with van der Waals surface area (Å²) >= 11 is 0. The Morgan fingerprint density at radius 1 is 1.13 bits per heavy atom. The van der Waals surface area contributed by atoms with E-state index >= 15 is 0 Å². The predicted molar refractivity (Wildman–Crippen MR) is 89.8 cm³/mol. The van der Waals surface area contributed by atoms with Crippen molar-refractivity contribution in [3.8, 4) is 0 Å². The quantitative estimate of drug-likeness (QED) is 0.834. The Hall–Kier alpha value is -1.43. The summed E-state index contributed by atoms with van der Waals surface area (Å²) in [6.07, 6.45) is 2.48. The topological polar surface area (TPSA) is 69.8 Å². The van der Waals surface area contributed by atoms with Crippen LogP contribution in [0.4, 0.5) is 0 Å². The van der Waals surface area contributed by atoms with Gasteiger partial charge >= 0.3 is 0 Å². The monoisotopic (exact) mass is 317 g/mol. The lowest BCUT2D eigenvalue weighted by Gasteiger charge is -2.22. The van der Waals surface area contributed by atoms with Crippen LogP contribution in [0.1, 0.15) is 24.0 Å². The van der Waals surface area contributed by atoms with Crippen molar-refractivity contribution < 1.29 is 9.90 Å². The van der Waals surface area contributed by atoms with Crippen molar-refractivity contribution in [2.24, 2.45) is 11.7 Å². The molecule has 0 unspecified atom stereocenters. The van der Waals surface area contributed by atoms with E-state index in [1.807, 2.05) is 4.90 Å². The fourth-order valence-electron chi connectivity index (χ4n) is 3.22. The molecule has 1 aliphatic heterocycles. The number of benzene rings is 1. The lowest BCUT2D eigenvalue weighted by Crippen LogP contribution is -2.38. The molecule has 5 nitrogen and oxygen atoms in total. The van der Waals surface area contributed by atoms with Crippen molar-refractivity contribution in [2.75, 3.05) is 32.7 Å². The molecule has 0 bridgehead atoms. The van der Waals surface area contributed by atoms with E-state index in [1.165, 1.54) is 11.1 Å². The van der Waals surface area contributed by atoms with E-state index in [2.05, 4.69) is 29.2 Å². The van der Waals surface area contributed by atoms with Gasteiger partial charge in [-0.05, 0) is 36.9 Å². The minimum absolute atomic E-state index is 0.226. The molecule has 1 aromatic carbocycles.